The zero-order valence-electron chi connectivity index (χ0n) is 8.57. The van der Waals surface area contributed by atoms with Gasteiger partial charge in [-0.1, -0.05) is 6.07 Å². The summed E-state index contributed by atoms with van der Waals surface area (Å²) in [6, 6.07) is 5.88. The number of nitro groups is 1. The van der Waals surface area contributed by atoms with Crippen molar-refractivity contribution in [1.29, 1.82) is 0 Å². The van der Waals surface area contributed by atoms with Gasteiger partial charge in [0.25, 0.3) is 5.69 Å². The molecule has 1 aromatic carbocycles. The molecule has 2 rings (SSSR count). The van der Waals surface area contributed by atoms with Crippen LogP contribution in [0.3, 0.4) is 0 Å². The Morgan fingerprint density at radius 2 is 2.29 bits per heavy atom. The number of non-ortho nitro benzene ring substituents is 1. The highest BCUT2D eigenvalue weighted by atomic mass is 16.6. The molecule has 0 atom stereocenters. The zero-order valence-corrected chi connectivity index (χ0v) is 8.57. The van der Waals surface area contributed by atoms with Crippen LogP contribution < -0.4 is 5.73 Å². The van der Waals surface area contributed by atoms with Crippen LogP contribution in [0.2, 0.25) is 0 Å². The molecule has 2 aromatic rings. The van der Waals surface area contributed by atoms with Crippen LogP contribution in [-0.2, 0) is 0 Å². The predicted molar refractivity (Wildman–Crippen MR) is 60.9 cm³/mol. The lowest BCUT2D eigenvalue weighted by Gasteiger charge is -2.03. The van der Waals surface area contributed by atoms with Gasteiger partial charge in [-0.15, -0.1) is 0 Å². The van der Waals surface area contributed by atoms with E-state index in [0.717, 1.165) is 0 Å². The maximum Gasteiger partial charge on any atom is 0.271 e. The molecule has 7 heteroatoms. The fourth-order valence-corrected chi connectivity index (χ4v) is 1.38. The van der Waals surface area contributed by atoms with E-state index in [-0.39, 0.29) is 17.2 Å². The number of nitrogen functional groups attached to an aromatic ring is 1. The minimum atomic E-state index is -0.501. The molecule has 1 heterocycles. The second kappa shape index (κ2) is 3.94. The van der Waals surface area contributed by atoms with Gasteiger partial charge in [-0.05, 0) is 6.07 Å². The van der Waals surface area contributed by atoms with Gasteiger partial charge in [-0.3, -0.25) is 10.1 Å². The van der Waals surface area contributed by atoms with Gasteiger partial charge >= 0.3 is 0 Å². The molecule has 17 heavy (non-hydrogen) atoms. The molecule has 0 fully saturated rings. The Morgan fingerprint density at radius 3 is 2.88 bits per heavy atom. The standard InChI is InChI=1S/C10H7N5O2/c1-12-9-6-13-14(10(9)11)7-3-2-4-8(5-7)15(16)17/h2-6H,11H2. The molecule has 0 saturated heterocycles. The van der Waals surface area contributed by atoms with Crippen molar-refractivity contribution in [2.24, 2.45) is 0 Å². The minimum absolute atomic E-state index is 0.0539. The van der Waals surface area contributed by atoms with Crippen molar-refractivity contribution >= 4 is 17.2 Å². The molecule has 0 saturated carbocycles. The third-order valence-electron chi connectivity index (χ3n) is 2.19. The van der Waals surface area contributed by atoms with E-state index in [4.69, 9.17) is 12.3 Å². The lowest BCUT2D eigenvalue weighted by atomic mass is 10.3. The number of hydrogen-bond donors (Lipinski definition) is 1. The molecular formula is C10H7N5O2. The van der Waals surface area contributed by atoms with Gasteiger partial charge in [-0.25, -0.2) is 9.53 Å². The number of benzene rings is 1. The van der Waals surface area contributed by atoms with Gasteiger partial charge in [0.05, 0.1) is 23.4 Å². The number of aromatic nitrogens is 2. The van der Waals surface area contributed by atoms with E-state index in [1.165, 1.54) is 29.1 Å². The van der Waals surface area contributed by atoms with Crippen molar-refractivity contribution in [3.8, 4) is 5.69 Å². The zero-order chi connectivity index (χ0) is 12.4. The first kappa shape index (κ1) is 10.6. The molecule has 7 nitrogen and oxygen atoms in total. The third-order valence-corrected chi connectivity index (χ3v) is 2.19. The Hall–Kier alpha value is -2.88. The maximum absolute atomic E-state index is 10.6. The van der Waals surface area contributed by atoms with E-state index in [2.05, 4.69) is 9.94 Å². The number of nitrogens with zero attached hydrogens (tertiary/aromatic N) is 4. The summed E-state index contributed by atoms with van der Waals surface area (Å²) < 4.78 is 1.29. The van der Waals surface area contributed by atoms with Gasteiger partial charge < -0.3 is 5.73 Å². The van der Waals surface area contributed by atoms with Gasteiger partial charge in [0.15, 0.2) is 0 Å². The molecule has 84 valence electrons. The van der Waals surface area contributed by atoms with Crippen LogP contribution in [0.25, 0.3) is 10.5 Å². The van der Waals surface area contributed by atoms with E-state index >= 15 is 0 Å². The number of anilines is 1. The molecule has 0 aliphatic heterocycles. The molecule has 0 aliphatic rings. The van der Waals surface area contributed by atoms with Gasteiger partial charge in [0.2, 0.25) is 5.69 Å². The number of nitrogens with two attached hydrogens (primary N) is 1. The molecule has 0 aliphatic carbocycles. The summed E-state index contributed by atoms with van der Waals surface area (Å²) in [6.07, 6.45) is 1.32. The van der Waals surface area contributed by atoms with Crippen molar-refractivity contribution in [1.82, 2.24) is 9.78 Å². The molecular weight excluding hydrogens is 222 g/mol. The van der Waals surface area contributed by atoms with E-state index in [1.807, 2.05) is 0 Å². The average molecular weight is 229 g/mol. The van der Waals surface area contributed by atoms with Crippen LogP contribution >= 0.6 is 0 Å². The SMILES string of the molecule is [C-]#[N+]c1cnn(-c2cccc([N+](=O)[O-])c2)c1N. The van der Waals surface area contributed by atoms with Crippen LogP contribution in [0, 0.1) is 16.7 Å². The number of hydrogen-bond acceptors (Lipinski definition) is 4. The van der Waals surface area contributed by atoms with E-state index in [1.54, 1.807) is 6.07 Å². The van der Waals surface area contributed by atoms with E-state index < -0.39 is 4.92 Å². The predicted octanol–water partition coefficient (Wildman–Crippen LogP) is 1.91. The molecule has 2 N–H and O–H groups in total. The summed E-state index contributed by atoms with van der Waals surface area (Å²) in [4.78, 5) is 13.3. The Morgan fingerprint density at radius 1 is 1.53 bits per heavy atom. The highest BCUT2D eigenvalue weighted by molar-refractivity contribution is 5.65. The minimum Gasteiger partial charge on any atom is -0.392 e. The number of nitro benzene ring substituents is 1. The Kier molecular flexibility index (Phi) is 2.46. The average Bonchev–Trinajstić information content (AvgIpc) is 2.70. The summed E-state index contributed by atoms with van der Waals surface area (Å²) in [5, 5.41) is 14.5. The quantitative estimate of drug-likeness (QED) is 0.483. The lowest BCUT2D eigenvalue weighted by molar-refractivity contribution is -0.384. The molecule has 0 unspecified atom stereocenters. The Labute approximate surface area is 96.1 Å². The molecule has 0 amide bonds. The lowest BCUT2D eigenvalue weighted by Crippen LogP contribution is -2.02. The molecule has 1 aromatic heterocycles. The Bertz CT molecular complexity index is 626. The molecule has 0 radical (unpaired) electrons. The second-order valence-electron chi connectivity index (χ2n) is 3.22. The van der Waals surface area contributed by atoms with Crippen molar-refractivity contribution in [2.45, 2.75) is 0 Å². The van der Waals surface area contributed by atoms with Gasteiger partial charge in [0, 0.05) is 12.1 Å². The van der Waals surface area contributed by atoms with Crippen LogP contribution in [0.1, 0.15) is 0 Å². The fourth-order valence-electron chi connectivity index (χ4n) is 1.38. The summed E-state index contributed by atoms with van der Waals surface area (Å²) in [7, 11) is 0. The fraction of sp³-hybridized carbons (Fsp3) is 0. The van der Waals surface area contributed by atoms with Crippen LogP contribution in [0.4, 0.5) is 17.2 Å². The highest BCUT2D eigenvalue weighted by Gasteiger charge is 2.11. The van der Waals surface area contributed by atoms with Crippen molar-refractivity contribution in [3.05, 3.63) is 52.0 Å². The van der Waals surface area contributed by atoms with E-state index in [9.17, 15) is 10.1 Å². The topological polar surface area (TPSA) is 91.3 Å². The molecule has 0 spiro atoms. The summed E-state index contributed by atoms with van der Waals surface area (Å²) in [6.45, 7) is 6.85. The summed E-state index contributed by atoms with van der Waals surface area (Å²) >= 11 is 0. The second-order valence-corrected chi connectivity index (χ2v) is 3.22. The summed E-state index contributed by atoms with van der Waals surface area (Å²) in [5.41, 5.74) is 6.30. The van der Waals surface area contributed by atoms with Crippen LogP contribution in [0.5, 0.6) is 0 Å². The first-order chi connectivity index (χ1) is 8.13. The third kappa shape index (κ3) is 1.79. The molecule has 0 bridgehead atoms. The van der Waals surface area contributed by atoms with Crippen molar-refractivity contribution in [2.75, 3.05) is 5.73 Å². The van der Waals surface area contributed by atoms with Crippen molar-refractivity contribution < 1.29 is 4.92 Å². The number of rotatable bonds is 2. The normalized spacial score (nSPS) is 9.82. The van der Waals surface area contributed by atoms with E-state index in [0.29, 0.717) is 5.69 Å². The maximum atomic E-state index is 10.6. The largest absolute Gasteiger partial charge is 0.392 e. The Balaban J connectivity index is 2.54. The smallest absolute Gasteiger partial charge is 0.271 e. The van der Waals surface area contributed by atoms with Crippen LogP contribution in [0.15, 0.2) is 30.5 Å². The van der Waals surface area contributed by atoms with Crippen molar-refractivity contribution in [3.63, 3.8) is 0 Å². The highest BCUT2D eigenvalue weighted by Crippen LogP contribution is 2.25. The summed E-state index contributed by atoms with van der Waals surface area (Å²) in [5.74, 6) is 0.167. The van der Waals surface area contributed by atoms with Gasteiger partial charge in [0.1, 0.15) is 5.82 Å². The first-order valence-electron chi connectivity index (χ1n) is 4.59. The monoisotopic (exact) mass is 229 g/mol. The first-order valence-corrected chi connectivity index (χ1v) is 4.59. The van der Waals surface area contributed by atoms with Gasteiger partial charge in [-0.2, -0.15) is 5.10 Å². The van der Waals surface area contributed by atoms with Crippen LogP contribution in [-0.4, -0.2) is 14.7 Å².